The third-order valence-corrected chi connectivity index (χ3v) is 11.3. The maximum atomic E-state index is 9.75. The number of likely N-dealkylation sites (N-methyl/N-ethyl adjacent to an activating group) is 1. The fraction of sp³-hybridized carbons (Fsp3) is 0.476. The number of piperidine rings is 1. The van der Waals surface area contributed by atoms with Crippen LogP contribution in [0.1, 0.15) is 69.9 Å². The molecule has 2 unspecified atom stereocenters. The van der Waals surface area contributed by atoms with Gasteiger partial charge in [-0.3, -0.25) is 9.97 Å². The quantitative estimate of drug-likeness (QED) is 0.0694. The van der Waals surface area contributed by atoms with Gasteiger partial charge in [-0.25, -0.2) is 9.97 Å². The van der Waals surface area contributed by atoms with Gasteiger partial charge >= 0.3 is 0 Å². The zero-order valence-electron chi connectivity index (χ0n) is 35.2. The molecule has 0 aromatic carbocycles. The van der Waals surface area contributed by atoms with Crippen molar-refractivity contribution in [1.29, 1.82) is 0 Å². The largest absolute Gasteiger partial charge is 0.395 e. The van der Waals surface area contributed by atoms with Gasteiger partial charge in [0.05, 0.1) is 47.1 Å². The molecule has 0 aliphatic carbocycles. The van der Waals surface area contributed by atoms with Gasteiger partial charge in [-0.15, -0.1) is 0 Å². The Morgan fingerprint density at radius 2 is 1.34 bits per heavy atom. The van der Waals surface area contributed by atoms with Gasteiger partial charge in [-0.05, 0) is 108 Å². The highest BCUT2D eigenvalue weighted by Crippen LogP contribution is 2.29. The Kier molecular flexibility index (Phi) is 19.5. The molecule has 2 aliphatic rings. The molecule has 6 aromatic rings. The van der Waals surface area contributed by atoms with E-state index in [1.807, 2.05) is 48.2 Å². The van der Waals surface area contributed by atoms with E-state index in [4.69, 9.17) is 20.0 Å². The first-order valence-corrected chi connectivity index (χ1v) is 22.5. The van der Waals surface area contributed by atoms with Gasteiger partial charge in [0.1, 0.15) is 23.3 Å². The number of nitrogens with zero attached hydrogens (tertiary/aromatic N) is 11. The Labute approximate surface area is 374 Å². The Hall–Kier alpha value is -4.82. The molecule has 6 aromatic heterocycles. The average Bonchev–Trinajstić information content (AvgIpc) is 4.09. The lowest BCUT2D eigenvalue weighted by molar-refractivity contribution is 0.239. The number of anilines is 4. The van der Waals surface area contributed by atoms with E-state index < -0.39 is 0 Å². The van der Waals surface area contributed by atoms with E-state index in [1.165, 1.54) is 12.8 Å². The second-order valence-electron chi connectivity index (χ2n) is 14.5. The van der Waals surface area contributed by atoms with Crippen LogP contribution < -0.4 is 25.8 Å². The molecule has 2 atom stereocenters. The standard InChI is InChI=1S/C18H21BrN6O.C16H17BrN6.C6H15NO.C2H5NO/c19-15-11-22-25-16(21-10-13-4-3-6-20-9-13)8-17(23-18(15)25)24-7-2-1-5-14(24)12-26;17-13-11-20-23-14(19-10-12-4-3-5-18-9-12)8-15(21-16(13)23)22-6-1-2-7-22;1-3-4-6(5-8)7-2;1-2-3-4/h3-4,6,8-9,11,14,21,26H,1-2,5,7,10,12H2;3-5,8-9,11,19H,1-2,6-7,10H2;6-8H,3-5H2,1-2H3;2H2,1H3. The van der Waals surface area contributed by atoms with Gasteiger partial charge in [-0.1, -0.05) is 30.7 Å². The fourth-order valence-electron chi connectivity index (χ4n) is 6.91. The number of aliphatic hydroxyl groups is 2. The van der Waals surface area contributed by atoms with Crippen LogP contribution in [0.15, 0.2) is 87.7 Å². The van der Waals surface area contributed by atoms with Gasteiger partial charge < -0.3 is 36.0 Å². The zero-order valence-corrected chi connectivity index (χ0v) is 38.3. The smallest absolute Gasteiger partial charge is 0.173 e. The molecular formula is C42H58Br2N14O3. The number of aromatic nitrogens is 8. The van der Waals surface area contributed by atoms with Crippen molar-refractivity contribution >= 4 is 66.4 Å². The van der Waals surface area contributed by atoms with Gasteiger partial charge in [-0.2, -0.15) is 24.1 Å². The summed E-state index contributed by atoms with van der Waals surface area (Å²) in [5.74, 6) is 3.67. The number of rotatable bonds is 14. The van der Waals surface area contributed by atoms with E-state index in [2.05, 4.69) is 102 Å². The number of aliphatic hydroxyl groups excluding tert-OH is 2. The molecule has 0 bridgehead atoms. The monoisotopic (exact) mass is 964 g/mol. The minimum atomic E-state index is 0.117. The molecule has 5 N–H and O–H groups in total. The number of halogens is 2. The molecule has 2 aliphatic heterocycles. The summed E-state index contributed by atoms with van der Waals surface area (Å²) in [7, 11) is 1.87. The number of nitroso groups, excluding NO2 is 1. The minimum absolute atomic E-state index is 0.117. The molecule has 8 rings (SSSR count). The highest BCUT2D eigenvalue weighted by atomic mass is 79.9. The van der Waals surface area contributed by atoms with E-state index in [9.17, 15) is 5.11 Å². The van der Waals surface area contributed by atoms with Crippen LogP contribution in [0.25, 0.3) is 11.3 Å². The van der Waals surface area contributed by atoms with Crippen molar-refractivity contribution < 1.29 is 10.2 Å². The van der Waals surface area contributed by atoms with Crippen molar-refractivity contribution in [3.63, 3.8) is 0 Å². The van der Waals surface area contributed by atoms with Gasteiger partial charge in [0.25, 0.3) is 0 Å². The van der Waals surface area contributed by atoms with Gasteiger partial charge in [0.15, 0.2) is 11.3 Å². The van der Waals surface area contributed by atoms with Crippen molar-refractivity contribution in [2.45, 2.75) is 84.0 Å². The number of pyridine rings is 2. The lowest BCUT2D eigenvalue weighted by atomic mass is 10.0. The lowest BCUT2D eigenvalue weighted by Gasteiger charge is -2.35. The van der Waals surface area contributed by atoms with E-state index in [0.29, 0.717) is 25.7 Å². The minimum Gasteiger partial charge on any atom is -0.395 e. The fourth-order valence-corrected chi connectivity index (χ4v) is 7.61. The van der Waals surface area contributed by atoms with Crippen LogP contribution in [0.5, 0.6) is 0 Å². The predicted molar refractivity (Wildman–Crippen MR) is 249 cm³/mol. The van der Waals surface area contributed by atoms with E-state index >= 15 is 0 Å². The molecule has 0 radical (unpaired) electrons. The Bertz CT molecular complexity index is 2180. The van der Waals surface area contributed by atoms with Crippen LogP contribution >= 0.6 is 31.9 Å². The van der Waals surface area contributed by atoms with Crippen LogP contribution in [-0.2, 0) is 13.1 Å². The van der Waals surface area contributed by atoms with Crippen LogP contribution in [0.3, 0.4) is 0 Å². The summed E-state index contributed by atoms with van der Waals surface area (Å²) in [4.78, 5) is 31.3. The third kappa shape index (κ3) is 13.6. The van der Waals surface area contributed by atoms with E-state index in [-0.39, 0.29) is 19.3 Å². The number of nitrogens with one attached hydrogen (secondary N) is 3. The molecule has 61 heavy (non-hydrogen) atoms. The predicted octanol–water partition coefficient (Wildman–Crippen LogP) is 7.09. The number of hydrogen-bond acceptors (Lipinski definition) is 15. The summed E-state index contributed by atoms with van der Waals surface area (Å²) in [6, 6.07) is 12.5. The van der Waals surface area contributed by atoms with Gasteiger partial charge in [0, 0.05) is 75.7 Å². The SMILES string of the molecule is Brc1cnn2c(NCc3cccnc3)cc(N3CCCC3)nc12.CCCC(CO)NC.CCN=O.OCC1CCCCN1c1cc(NCc2cccnc2)n2ncc(Br)c2n1. The van der Waals surface area contributed by atoms with Crippen LogP contribution in [0.4, 0.5) is 23.3 Å². The van der Waals surface area contributed by atoms with E-state index in [1.54, 1.807) is 36.2 Å². The summed E-state index contributed by atoms with van der Waals surface area (Å²) in [5.41, 5.74) is 3.82. The molecule has 19 heteroatoms. The number of fused-ring (bicyclic) bond motifs is 2. The van der Waals surface area contributed by atoms with Crippen molar-refractivity contribution in [2.24, 2.45) is 5.18 Å². The lowest BCUT2D eigenvalue weighted by Crippen LogP contribution is -2.42. The number of hydrogen-bond donors (Lipinski definition) is 5. The molecule has 0 spiro atoms. The highest BCUT2D eigenvalue weighted by molar-refractivity contribution is 9.11. The Balaban J connectivity index is 0.000000184. The maximum absolute atomic E-state index is 9.75. The topological polar surface area (TPSA) is 199 Å². The summed E-state index contributed by atoms with van der Waals surface area (Å²) in [6.45, 7) is 8.98. The molecule has 328 valence electrons. The molecule has 0 saturated carbocycles. The van der Waals surface area contributed by atoms with Crippen LogP contribution in [0, 0.1) is 4.91 Å². The van der Waals surface area contributed by atoms with Crippen molar-refractivity contribution in [1.82, 2.24) is 44.5 Å². The molecule has 2 fully saturated rings. The maximum Gasteiger partial charge on any atom is 0.173 e. The van der Waals surface area contributed by atoms with Crippen molar-refractivity contribution in [3.05, 3.63) is 98.6 Å². The summed E-state index contributed by atoms with van der Waals surface area (Å²) >= 11 is 7.07. The summed E-state index contributed by atoms with van der Waals surface area (Å²) < 4.78 is 5.38. The van der Waals surface area contributed by atoms with Gasteiger partial charge in [0.2, 0.25) is 0 Å². The Morgan fingerprint density at radius 3 is 1.80 bits per heavy atom. The van der Waals surface area contributed by atoms with Crippen molar-refractivity contribution in [3.8, 4) is 0 Å². The molecular weight excluding hydrogens is 908 g/mol. The summed E-state index contributed by atoms with van der Waals surface area (Å²) in [6.07, 6.45) is 18.7. The second-order valence-corrected chi connectivity index (χ2v) is 16.2. The normalized spacial score (nSPS) is 15.2. The summed E-state index contributed by atoms with van der Waals surface area (Å²) in [5, 5.41) is 39.6. The molecule has 2 saturated heterocycles. The highest BCUT2D eigenvalue weighted by Gasteiger charge is 2.25. The third-order valence-electron chi connectivity index (χ3n) is 10.2. The van der Waals surface area contributed by atoms with Crippen molar-refractivity contribution in [2.75, 3.05) is 66.9 Å². The second kappa shape index (κ2) is 25.2. The zero-order chi connectivity index (χ0) is 43.4. The molecule has 17 nitrogen and oxygen atoms in total. The van der Waals surface area contributed by atoms with E-state index in [0.717, 1.165) is 106 Å². The molecule has 8 heterocycles. The molecule has 0 amide bonds. The van der Waals surface area contributed by atoms with Crippen LogP contribution in [-0.4, -0.2) is 108 Å². The Morgan fingerprint density at radius 1 is 0.803 bits per heavy atom. The van der Waals surface area contributed by atoms with Crippen LogP contribution in [0.2, 0.25) is 0 Å². The first kappa shape index (κ1) is 47.2. The average molecular weight is 967 g/mol. The first-order chi connectivity index (χ1) is 29.8. The first-order valence-electron chi connectivity index (χ1n) is 20.9.